The fraction of sp³-hybridized carbons (Fsp3) is 0.158. The lowest BCUT2D eigenvalue weighted by Gasteiger charge is -2.14. The Hall–Kier alpha value is -2.16. The van der Waals surface area contributed by atoms with Gasteiger partial charge >= 0.3 is 6.09 Å². The lowest BCUT2D eigenvalue weighted by molar-refractivity contribution is 0.121. The molecule has 0 radical (unpaired) electrons. The van der Waals surface area contributed by atoms with Gasteiger partial charge in [0.2, 0.25) is 0 Å². The quantitative estimate of drug-likeness (QED) is 0.354. The molecule has 0 saturated heterocycles. The summed E-state index contributed by atoms with van der Waals surface area (Å²) in [6.45, 7) is 3.60. The molecule has 0 unspecified atom stereocenters. The number of rotatable bonds is 4. The lowest BCUT2D eigenvalue weighted by Crippen LogP contribution is -2.16. The molecule has 3 heterocycles. The average Bonchev–Trinajstić information content (AvgIpc) is 3.29. The van der Waals surface area contributed by atoms with Crippen LogP contribution in [0.5, 0.6) is 0 Å². The van der Waals surface area contributed by atoms with Gasteiger partial charge in [-0.3, -0.25) is 5.32 Å². The highest BCUT2D eigenvalue weighted by Crippen LogP contribution is 2.42. The molecule has 0 spiro atoms. The largest absolute Gasteiger partial charge is 0.441 e. The number of amides is 1. The van der Waals surface area contributed by atoms with Crippen LogP contribution in [0.4, 0.5) is 10.5 Å². The van der Waals surface area contributed by atoms with E-state index in [4.69, 9.17) is 9.26 Å². The molecule has 1 atom stereocenters. The normalized spacial score (nSPS) is 12.3. The van der Waals surface area contributed by atoms with Gasteiger partial charge in [-0.25, -0.2) is 4.79 Å². The van der Waals surface area contributed by atoms with E-state index in [-0.39, 0.29) is 6.10 Å². The van der Waals surface area contributed by atoms with Gasteiger partial charge in [-0.15, -0.1) is 22.7 Å². The summed E-state index contributed by atoms with van der Waals surface area (Å²) in [6, 6.07) is 13.7. The second kappa shape index (κ2) is 7.46. The van der Waals surface area contributed by atoms with Crippen LogP contribution in [0, 0.1) is 6.92 Å². The second-order valence-corrected chi connectivity index (χ2v) is 9.48. The molecule has 0 aliphatic heterocycles. The van der Waals surface area contributed by atoms with E-state index >= 15 is 0 Å². The number of thiophene rings is 2. The van der Waals surface area contributed by atoms with Gasteiger partial charge in [-0.2, -0.15) is 0 Å². The molecule has 1 amide bonds. The summed E-state index contributed by atoms with van der Waals surface area (Å²) in [4.78, 5) is 13.3. The van der Waals surface area contributed by atoms with Crippen molar-refractivity contribution in [3.63, 3.8) is 0 Å². The van der Waals surface area contributed by atoms with Crippen molar-refractivity contribution in [1.82, 2.24) is 5.16 Å². The Balaban J connectivity index is 1.54. The number of aryl methyl sites for hydroxylation is 1. The number of benzene rings is 1. The average molecular weight is 463 g/mol. The number of anilines is 1. The first-order valence-corrected chi connectivity index (χ1v) is 10.6. The zero-order valence-corrected chi connectivity index (χ0v) is 17.7. The molecule has 0 aliphatic carbocycles. The highest BCUT2D eigenvalue weighted by molar-refractivity contribution is 9.11. The molecule has 8 heteroatoms. The Labute approximate surface area is 172 Å². The summed E-state index contributed by atoms with van der Waals surface area (Å²) >= 11 is 6.75. The summed E-state index contributed by atoms with van der Waals surface area (Å²) in [5.74, 6) is 0.534. The number of aromatic nitrogens is 1. The van der Waals surface area contributed by atoms with Crippen LogP contribution in [0.25, 0.3) is 20.0 Å². The van der Waals surface area contributed by atoms with Gasteiger partial charge in [0.05, 0.1) is 8.66 Å². The van der Waals surface area contributed by atoms with E-state index < -0.39 is 6.09 Å². The predicted octanol–water partition coefficient (Wildman–Crippen LogP) is 7.00. The van der Waals surface area contributed by atoms with Crippen LogP contribution in [0.2, 0.25) is 0 Å². The zero-order valence-electron chi connectivity index (χ0n) is 14.5. The van der Waals surface area contributed by atoms with Crippen molar-refractivity contribution >= 4 is 59.8 Å². The Kier molecular flexibility index (Phi) is 5.03. The third-order valence-corrected chi connectivity index (χ3v) is 6.86. The number of nitrogens with zero attached hydrogens (tertiary/aromatic N) is 1. The van der Waals surface area contributed by atoms with Crippen LogP contribution in [-0.2, 0) is 4.74 Å². The van der Waals surface area contributed by atoms with Crippen LogP contribution < -0.4 is 5.32 Å². The van der Waals surface area contributed by atoms with Gasteiger partial charge in [-0.05, 0) is 47.5 Å². The van der Waals surface area contributed by atoms with E-state index in [1.807, 2.05) is 37.3 Å². The highest BCUT2D eigenvalue weighted by atomic mass is 79.9. The van der Waals surface area contributed by atoms with Crippen molar-refractivity contribution in [2.24, 2.45) is 0 Å². The van der Waals surface area contributed by atoms with E-state index in [1.54, 1.807) is 29.6 Å². The molecule has 0 saturated carbocycles. The minimum Gasteiger partial charge on any atom is -0.441 e. The molecule has 1 aromatic carbocycles. The molecule has 27 heavy (non-hydrogen) atoms. The van der Waals surface area contributed by atoms with Crippen LogP contribution in [0.3, 0.4) is 0 Å². The molecule has 138 valence electrons. The first-order valence-electron chi connectivity index (χ1n) is 8.19. The summed E-state index contributed by atoms with van der Waals surface area (Å²) < 4.78 is 14.2. The lowest BCUT2D eigenvalue weighted by atomic mass is 10.1. The summed E-state index contributed by atoms with van der Waals surface area (Å²) in [6.07, 6.45) is -0.903. The van der Waals surface area contributed by atoms with Crippen LogP contribution in [0.15, 0.2) is 50.8 Å². The standard InChI is InChI=1S/C19H15BrN2O3S2/c1-10(12-6-4-3-5-7-12)24-19(23)21-17-11(2)25-22-18(17)15-8-13-14(26-15)9-16(20)27-13/h3-10H,1-2H3,(H,21,23)/t10-/m1/s1. The number of hydrogen-bond acceptors (Lipinski definition) is 6. The number of carbonyl (C=O) groups excluding carboxylic acids is 1. The summed E-state index contributed by atoms with van der Waals surface area (Å²) in [5.41, 5.74) is 2.08. The molecule has 1 N–H and O–H groups in total. The van der Waals surface area contributed by atoms with Crippen molar-refractivity contribution in [3.05, 3.63) is 57.6 Å². The third kappa shape index (κ3) is 3.78. The van der Waals surface area contributed by atoms with Gasteiger partial charge in [0.25, 0.3) is 0 Å². The molecule has 0 fully saturated rings. The first kappa shape index (κ1) is 18.2. The number of ether oxygens (including phenoxy) is 1. The molecule has 3 aromatic heterocycles. The predicted molar refractivity (Wildman–Crippen MR) is 113 cm³/mol. The topological polar surface area (TPSA) is 64.4 Å². The number of nitrogens with one attached hydrogen (secondary N) is 1. The van der Waals surface area contributed by atoms with E-state index in [2.05, 4.69) is 38.5 Å². The maximum atomic E-state index is 12.4. The van der Waals surface area contributed by atoms with E-state index in [9.17, 15) is 4.79 Å². The van der Waals surface area contributed by atoms with Crippen molar-refractivity contribution in [3.8, 4) is 10.6 Å². The second-order valence-electron chi connectivity index (χ2n) is 5.94. The van der Waals surface area contributed by atoms with Gasteiger partial charge in [-0.1, -0.05) is 35.5 Å². The fourth-order valence-electron chi connectivity index (χ4n) is 2.69. The van der Waals surface area contributed by atoms with Crippen molar-refractivity contribution < 1.29 is 14.1 Å². The number of hydrogen-bond donors (Lipinski definition) is 1. The van der Waals surface area contributed by atoms with Crippen LogP contribution in [-0.4, -0.2) is 11.2 Å². The molecule has 5 nitrogen and oxygen atoms in total. The molecule has 4 rings (SSSR count). The van der Waals surface area contributed by atoms with Crippen molar-refractivity contribution in [2.45, 2.75) is 20.0 Å². The Bertz CT molecular complexity index is 1070. The zero-order chi connectivity index (χ0) is 19.0. The van der Waals surface area contributed by atoms with E-state index in [0.29, 0.717) is 17.1 Å². The third-order valence-electron chi connectivity index (χ3n) is 4.05. The highest BCUT2D eigenvalue weighted by Gasteiger charge is 2.21. The SMILES string of the molecule is Cc1onc(-c2cc3sc(Br)cc3s2)c1NC(=O)O[C@H](C)c1ccccc1. The van der Waals surface area contributed by atoms with Gasteiger partial charge in [0, 0.05) is 9.40 Å². The van der Waals surface area contributed by atoms with Gasteiger partial charge < -0.3 is 9.26 Å². The van der Waals surface area contributed by atoms with Gasteiger partial charge in [0.15, 0.2) is 5.76 Å². The monoisotopic (exact) mass is 462 g/mol. The molecule has 4 aromatic rings. The van der Waals surface area contributed by atoms with Gasteiger partial charge in [0.1, 0.15) is 17.5 Å². The van der Waals surface area contributed by atoms with E-state index in [1.165, 1.54) is 0 Å². The van der Waals surface area contributed by atoms with Crippen LogP contribution >= 0.6 is 38.6 Å². The maximum Gasteiger partial charge on any atom is 0.412 e. The molecular formula is C19H15BrN2O3S2. The Morgan fingerprint density at radius 1 is 1.22 bits per heavy atom. The summed E-state index contributed by atoms with van der Waals surface area (Å²) in [5, 5.41) is 6.92. The number of carbonyl (C=O) groups is 1. The molecular weight excluding hydrogens is 448 g/mol. The molecule has 0 bridgehead atoms. The smallest absolute Gasteiger partial charge is 0.412 e. The fourth-order valence-corrected chi connectivity index (χ4v) is 5.71. The van der Waals surface area contributed by atoms with Crippen molar-refractivity contribution in [1.29, 1.82) is 0 Å². The minimum atomic E-state index is -0.542. The Morgan fingerprint density at radius 3 is 2.70 bits per heavy atom. The number of halogens is 1. The molecule has 0 aliphatic rings. The maximum absolute atomic E-state index is 12.4. The van der Waals surface area contributed by atoms with Crippen LogP contribution in [0.1, 0.15) is 24.4 Å². The number of fused-ring (bicyclic) bond motifs is 1. The minimum absolute atomic E-state index is 0.362. The summed E-state index contributed by atoms with van der Waals surface area (Å²) in [7, 11) is 0. The first-order chi connectivity index (χ1) is 13.0. The van der Waals surface area contributed by atoms with E-state index in [0.717, 1.165) is 23.6 Å². The Morgan fingerprint density at radius 2 is 1.96 bits per heavy atom. The van der Waals surface area contributed by atoms with Crippen molar-refractivity contribution in [2.75, 3.05) is 5.32 Å².